The van der Waals surface area contributed by atoms with Crippen molar-refractivity contribution in [2.24, 2.45) is 5.73 Å². The molecular formula is C12H17NO3S. The largest absolute Gasteiger partial charge is 0.366 e. The first kappa shape index (κ1) is 13.7. The lowest BCUT2D eigenvalue weighted by Gasteiger charge is -2.12. The van der Waals surface area contributed by atoms with Crippen LogP contribution in [0, 0.1) is 0 Å². The van der Waals surface area contributed by atoms with Gasteiger partial charge in [0.25, 0.3) is 0 Å². The van der Waals surface area contributed by atoms with Gasteiger partial charge >= 0.3 is 0 Å². The first-order valence-electron chi connectivity index (χ1n) is 5.46. The Labute approximate surface area is 102 Å². The van der Waals surface area contributed by atoms with E-state index in [1.54, 1.807) is 13.0 Å². The average molecular weight is 255 g/mol. The normalized spacial score (nSPS) is 11.8. The van der Waals surface area contributed by atoms with Crippen molar-refractivity contribution in [3.63, 3.8) is 0 Å². The number of hydrogen-bond donors (Lipinski definition) is 1. The molecule has 0 atom stereocenters. The van der Waals surface area contributed by atoms with Crippen molar-refractivity contribution < 1.29 is 13.2 Å². The molecule has 1 amide bonds. The van der Waals surface area contributed by atoms with Crippen LogP contribution in [0.25, 0.3) is 0 Å². The Kier molecular flexibility index (Phi) is 3.93. The molecule has 4 nitrogen and oxygen atoms in total. The molecule has 0 aromatic heterocycles. The molecule has 1 aromatic rings. The second kappa shape index (κ2) is 4.87. The van der Waals surface area contributed by atoms with E-state index in [1.165, 1.54) is 12.1 Å². The summed E-state index contributed by atoms with van der Waals surface area (Å²) in [5.74, 6) is -0.468. The zero-order valence-corrected chi connectivity index (χ0v) is 11.0. The molecule has 0 saturated heterocycles. The highest BCUT2D eigenvalue weighted by atomic mass is 32.2. The molecule has 1 rings (SSSR count). The van der Waals surface area contributed by atoms with Gasteiger partial charge in [-0.2, -0.15) is 0 Å². The summed E-state index contributed by atoms with van der Waals surface area (Å²) in [6, 6.07) is 4.56. The van der Waals surface area contributed by atoms with Crippen LogP contribution in [0.1, 0.15) is 42.6 Å². The van der Waals surface area contributed by atoms with Crippen LogP contribution < -0.4 is 5.73 Å². The van der Waals surface area contributed by atoms with Crippen LogP contribution in [0.5, 0.6) is 0 Å². The number of rotatable bonds is 4. The van der Waals surface area contributed by atoms with E-state index in [0.29, 0.717) is 0 Å². The van der Waals surface area contributed by atoms with E-state index in [0.717, 1.165) is 5.56 Å². The van der Waals surface area contributed by atoms with Crippen molar-refractivity contribution in [2.45, 2.75) is 31.6 Å². The molecule has 5 heteroatoms. The van der Waals surface area contributed by atoms with Gasteiger partial charge in [-0.3, -0.25) is 4.79 Å². The summed E-state index contributed by atoms with van der Waals surface area (Å²) < 4.78 is 23.4. The molecule has 0 saturated carbocycles. The molecular weight excluding hydrogens is 238 g/mol. The van der Waals surface area contributed by atoms with Crippen molar-refractivity contribution in [1.82, 2.24) is 0 Å². The van der Waals surface area contributed by atoms with Crippen LogP contribution in [0.15, 0.2) is 23.1 Å². The maximum atomic E-state index is 11.7. The van der Waals surface area contributed by atoms with Crippen LogP contribution in [0.4, 0.5) is 0 Å². The minimum absolute atomic E-state index is 0.00618. The molecule has 0 bridgehead atoms. The lowest BCUT2D eigenvalue weighted by molar-refractivity contribution is 0.0999. The van der Waals surface area contributed by atoms with Crippen LogP contribution in [0.2, 0.25) is 0 Å². The van der Waals surface area contributed by atoms with Gasteiger partial charge in [-0.1, -0.05) is 26.8 Å². The van der Waals surface area contributed by atoms with Crippen molar-refractivity contribution in [2.75, 3.05) is 5.75 Å². The van der Waals surface area contributed by atoms with Crippen LogP contribution >= 0.6 is 0 Å². The maximum absolute atomic E-state index is 11.7. The summed E-state index contributed by atoms with van der Waals surface area (Å²) in [5.41, 5.74) is 6.33. The first-order valence-corrected chi connectivity index (χ1v) is 7.11. The Bertz CT molecular complexity index is 533. The van der Waals surface area contributed by atoms with Crippen molar-refractivity contribution >= 4 is 15.7 Å². The summed E-state index contributed by atoms with van der Waals surface area (Å²) in [6.45, 7) is 5.42. The lowest BCUT2D eigenvalue weighted by Crippen LogP contribution is -2.16. The van der Waals surface area contributed by atoms with E-state index in [2.05, 4.69) is 0 Å². The Hall–Kier alpha value is -1.36. The summed E-state index contributed by atoms with van der Waals surface area (Å²) in [4.78, 5) is 11.5. The molecule has 1 aromatic carbocycles. The standard InChI is InChI=1S/C12H17NO3S/c1-4-17(15,16)9-5-6-10(8(2)3)11(7-9)12(13)14/h5-8H,4H2,1-3H3,(H2,13,14). The summed E-state index contributed by atoms with van der Waals surface area (Å²) in [7, 11) is -3.30. The Morgan fingerprint density at radius 3 is 2.35 bits per heavy atom. The fourth-order valence-electron chi connectivity index (χ4n) is 1.61. The Balaban J connectivity index is 3.44. The second-order valence-electron chi connectivity index (χ2n) is 4.17. The van der Waals surface area contributed by atoms with Gasteiger partial charge in [-0.05, 0) is 23.6 Å². The molecule has 0 heterocycles. The fraction of sp³-hybridized carbons (Fsp3) is 0.417. The molecule has 17 heavy (non-hydrogen) atoms. The topological polar surface area (TPSA) is 77.2 Å². The van der Waals surface area contributed by atoms with Crippen LogP contribution in [-0.2, 0) is 9.84 Å². The third-order valence-corrected chi connectivity index (χ3v) is 4.38. The molecule has 0 aliphatic rings. The molecule has 0 fully saturated rings. The second-order valence-corrected chi connectivity index (χ2v) is 6.45. The van der Waals surface area contributed by atoms with Gasteiger partial charge in [0, 0.05) is 5.56 Å². The third-order valence-electron chi connectivity index (χ3n) is 2.65. The predicted molar refractivity (Wildman–Crippen MR) is 66.8 cm³/mol. The van der Waals surface area contributed by atoms with E-state index in [9.17, 15) is 13.2 Å². The summed E-state index contributed by atoms with van der Waals surface area (Å²) in [5, 5.41) is 0. The highest BCUT2D eigenvalue weighted by molar-refractivity contribution is 7.91. The minimum atomic E-state index is -3.30. The van der Waals surface area contributed by atoms with E-state index < -0.39 is 15.7 Å². The number of hydrogen-bond acceptors (Lipinski definition) is 3. The summed E-state index contributed by atoms with van der Waals surface area (Å²) >= 11 is 0. The SMILES string of the molecule is CCS(=O)(=O)c1ccc(C(C)C)c(C(N)=O)c1. The molecule has 0 aliphatic heterocycles. The molecule has 2 N–H and O–H groups in total. The predicted octanol–water partition coefficient (Wildman–Crippen LogP) is 1.70. The minimum Gasteiger partial charge on any atom is -0.366 e. The Morgan fingerprint density at radius 2 is 1.94 bits per heavy atom. The van der Waals surface area contributed by atoms with Gasteiger partial charge in [0.2, 0.25) is 5.91 Å². The molecule has 0 aliphatic carbocycles. The number of nitrogens with two attached hydrogens (primary N) is 1. The number of amides is 1. The van der Waals surface area contributed by atoms with Gasteiger partial charge in [0.05, 0.1) is 10.6 Å². The van der Waals surface area contributed by atoms with Gasteiger partial charge in [-0.15, -0.1) is 0 Å². The van der Waals surface area contributed by atoms with E-state index >= 15 is 0 Å². The quantitative estimate of drug-likeness (QED) is 0.889. The highest BCUT2D eigenvalue weighted by Gasteiger charge is 2.17. The van der Waals surface area contributed by atoms with Crippen molar-refractivity contribution in [3.8, 4) is 0 Å². The van der Waals surface area contributed by atoms with E-state index in [1.807, 2.05) is 13.8 Å². The zero-order chi connectivity index (χ0) is 13.2. The van der Waals surface area contributed by atoms with E-state index in [-0.39, 0.29) is 22.1 Å². The van der Waals surface area contributed by atoms with E-state index in [4.69, 9.17) is 5.73 Å². The smallest absolute Gasteiger partial charge is 0.249 e. The Morgan fingerprint density at radius 1 is 1.35 bits per heavy atom. The monoisotopic (exact) mass is 255 g/mol. The van der Waals surface area contributed by atoms with Crippen LogP contribution in [-0.4, -0.2) is 20.1 Å². The molecule has 0 spiro atoms. The average Bonchev–Trinajstić information content (AvgIpc) is 2.28. The number of carbonyl (C=O) groups excluding carboxylic acids is 1. The van der Waals surface area contributed by atoms with Gasteiger partial charge in [-0.25, -0.2) is 8.42 Å². The van der Waals surface area contributed by atoms with Crippen molar-refractivity contribution in [1.29, 1.82) is 0 Å². The molecule has 94 valence electrons. The summed E-state index contributed by atoms with van der Waals surface area (Å²) in [6.07, 6.45) is 0. The maximum Gasteiger partial charge on any atom is 0.249 e. The van der Waals surface area contributed by atoms with Gasteiger partial charge in [0.1, 0.15) is 0 Å². The lowest BCUT2D eigenvalue weighted by atomic mass is 9.97. The highest BCUT2D eigenvalue weighted by Crippen LogP contribution is 2.23. The van der Waals surface area contributed by atoms with Crippen LogP contribution in [0.3, 0.4) is 0 Å². The van der Waals surface area contributed by atoms with Crippen molar-refractivity contribution in [3.05, 3.63) is 29.3 Å². The number of primary amides is 1. The third kappa shape index (κ3) is 2.85. The van der Waals surface area contributed by atoms with Gasteiger partial charge in [0.15, 0.2) is 9.84 Å². The first-order chi connectivity index (χ1) is 7.79. The molecule has 0 unspecified atom stereocenters. The fourth-order valence-corrected chi connectivity index (χ4v) is 2.52. The zero-order valence-electron chi connectivity index (χ0n) is 10.2. The number of benzene rings is 1. The number of carbonyl (C=O) groups is 1. The van der Waals surface area contributed by atoms with Gasteiger partial charge < -0.3 is 5.73 Å². The number of sulfone groups is 1. The molecule has 0 radical (unpaired) electrons.